The van der Waals surface area contributed by atoms with Crippen LogP contribution in [-0.4, -0.2) is 62.7 Å². The second kappa shape index (κ2) is 8.97. The first-order chi connectivity index (χ1) is 7.83. The molecule has 1 N–H and O–H groups in total. The maximum Gasteiger partial charge on any atom is 0.0110 e. The highest BCUT2D eigenvalue weighted by atomic mass is 15.2. The van der Waals surface area contributed by atoms with Gasteiger partial charge < -0.3 is 10.2 Å². The number of nitrogens with one attached hydrogen (secondary N) is 1. The average Bonchev–Trinajstić information content (AvgIpc) is 2.30. The fourth-order valence-electron chi connectivity index (χ4n) is 2.11. The number of hydrogen-bond acceptors (Lipinski definition) is 3. The van der Waals surface area contributed by atoms with Gasteiger partial charge in [-0.1, -0.05) is 26.2 Å². The first-order valence-corrected chi connectivity index (χ1v) is 6.94. The van der Waals surface area contributed by atoms with E-state index in [2.05, 4.69) is 29.1 Å². The van der Waals surface area contributed by atoms with Gasteiger partial charge in [-0.2, -0.15) is 0 Å². The molecule has 3 heteroatoms. The molecule has 1 saturated heterocycles. The third kappa shape index (κ3) is 6.46. The number of piperazine rings is 1. The molecule has 96 valence electrons. The van der Waals surface area contributed by atoms with Gasteiger partial charge in [-0.3, -0.25) is 4.90 Å². The van der Waals surface area contributed by atoms with Gasteiger partial charge in [-0.25, -0.2) is 0 Å². The average molecular weight is 227 g/mol. The van der Waals surface area contributed by atoms with Crippen molar-refractivity contribution in [3.63, 3.8) is 0 Å². The largest absolute Gasteiger partial charge is 0.315 e. The molecule has 0 amide bonds. The molecule has 0 aliphatic carbocycles. The monoisotopic (exact) mass is 227 g/mol. The van der Waals surface area contributed by atoms with Crippen molar-refractivity contribution in [2.45, 2.75) is 32.6 Å². The predicted octanol–water partition coefficient (Wildman–Crippen LogP) is 1.40. The van der Waals surface area contributed by atoms with E-state index in [1.807, 2.05) is 0 Å². The molecule has 16 heavy (non-hydrogen) atoms. The van der Waals surface area contributed by atoms with Crippen LogP contribution in [0, 0.1) is 0 Å². The third-order valence-corrected chi connectivity index (χ3v) is 3.41. The summed E-state index contributed by atoms with van der Waals surface area (Å²) in [6, 6.07) is 0. The van der Waals surface area contributed by atoms with Crippen LogP contribution in [0.5, 0.6) is 0 Å². The second-order valence-corrected chi connectivity index (χ2v) is 4.96. The van der Waals surface area contributed by atoms with E-state index in [0.29, 0.717) is 0 Å². The lowest BCUT2D eigenvalue weighted by atomic mass is 10.2. The zero-order valence-electron chi connectivity index (χ0n) is 11.2. The zero-order valence-corrected chi connectivity index (χ0v) is 11.2. The number of unbranched alkanes of at least 4 members (excludes halogenated alkanes) is 3. The van der Waals surface area contributed by atoms with Crippen LogP contribution >= 0.6 is 0 Å². The van der Waals surface area contributed by atoms with Gasteiger partial charge in [0.15, 0.2) is 0 Å². The zero-order chi connectivity index (χ0) is 11.6. The maximum absolute atomic E-state index is 3.55. The molecule has 1 heterocycles. The Kier molecular flexibility index (Phi) is 7.81. The summed E-state index contributed by atoms with van der Waals surface area (Å²) >= 11 is 0. The van der Waals surface area contributed by atoms with Gasteiger partial charge >= 0.3 is 0 Å². The first-order valence-electron chi connectivity index (χ1n) is 6.94. The van der Waals surface area contributed by atoms with Gasteiger partial charge in [0.1, 0.15) is 0 Å². The van der Waals surface area contributed by atoms with Crippen LogP contribution in [0.2, 0.25) is 0 Å². The van der Waals surface area contributed by atoms with Crippen molar-refractivity contribution >= 4 is 0 Å². The molecule has 0 spiro atoms. The van der Waals surface area contributed by atoms with Gasteiger partial charge in [-0.05, 0) is 20.0 Å². The number of hydrogen-bond donors (Lipinski definition) is 1. The fraction of sp³-hybridized carbons (Fsp3) is 1.00. The molecule has 0 aromatic heterocycles. The van der Waals surface area contributed by atoms with Crippen LogP contribution in [-0.2, 0) is 0 Å². The summed E-state index contributed by atoms with van der Waals surface area (Å²) in [6.07, 6.45) is 5.45. The van der Waals surface area contributed by atoms with Crippen molar-refractivity contribution in [1.82, 2.24) is 15.1 Å². The lowest BCUT2D eigenvalue weighted by Gasteiger charge is -2.32. The lowest BCUT2D eigenvalue weighted by molar-refractivity contribution is 0.155. The molecule has 0 aromatic rings. The Bertz CT molecular complexity index is 153. The molecule has 0 radical (unpaired) electrons. The van der Waals surface area contributed by atoms with E-state index < -0.39 is 0 Å². The Labute approximate surface area is 101 Å². The highest BCUT2D eigenvalue weighted by Gasteiger charge is 2.12. The SMILES string of the molecule is CCCCCCNCCN1CCN(C)CC1. The van der Waals surface area contributed by atoms with Crippen LogP contribution in [0.4, 0.5) is 0 Å². The summed E-state index contributed by atoms with van der Waals surface area (Å²) in [5.41, 5.74) is 0. The molecule has 3 nitrogen and oxygen atoms in total. The highest BCUT2D eigenvalue weighted by Crippen LogP contribution is 1.98. The van der Waals surface area contributed by atoms with Crippen LogP contribution in [0.1, 0.15) is 32.6 Å². The van der Waals surface area contributed by atoms with Crippen molar-refractivity contribution in [1.29, 1.82) is 0 Å². The Morgan fingerprint density at radius 1 is 0.938 bits per heavy atom. The van der Waals surface area contributed by atoms with Crippen LogP contribution in [0.25, 0.3) is 0 Å². The fourth-order valence-corrected chi connectivity index (χ4v) is 2.11. The molecule has 0 unspecified atom stereocenters. The minimum Gasteiger partial charge on any atom is -0.315 e. The van der Waals surface area contributed by atoms with Crippen molar-refractivity contribution in [2.75, 3.05) is 52.9 Å². The standard InChI is InChI=1S/C13H29N3/c1-3-4-5-6-7-14-8-9-16-12-10-15(2)11-13-16/h14H,3-13H2,1-2H3. The Morgan fingerprint density at radius 2 is 1.69 bits per heavy atom. The number of rotatable bonds is 8. The number of likely N-dealkylation sites (N-methyl/N-ethyl adjacent to an activating group) is 1. The summed E-state index contributed by atoms with van der Waals surface area (Å²) < 4.78 is 0. The molecular formula is C13H29N3. The van der Waals surface area contributed by atoms with E-state index in [-0.39, 0.29) is 0 Å². The van der Waals surface area contributed by atoms with Gasteiger partial charge in [0.2, 0.25) is 0 Å². The van der Waals surface area contributed by atoms with Crippen LogP contribution in [0.3, 0.4) is 0 Å². The molecular weight excluding hydrogens is 198 g/mol. The Morgan fingerprint density at radius 3 is 2.38 bits per heavy atom. The predicted molar refractivity (Wildman–Crippen MR) is 70.9 cm³/mol. The summed E-state index contributed by atoms with van der Waals surface area (Å²) in [6.45, 7) is 10.8. The van der Waals surface area contributed by atoms with Gasteiger partial charge in [0.25, 0.3) is 0 Å². The highest BCUT2D eigenvalue weighted by molar-refractivity contribution is 4.69. The molecule has 1 fully saturated rings. The maximum atomic E-state index is 3.55. The molecule has 1 aliphatic heterocycles. The lowest BCUT2D eigenvalue weighted by Crippen LogP contribution is -2.46. The summed E-state index contributed by atoms with van der Waals surface area (Å²) in [5.74, 6) is 0. The quantitative estimate of drug-likeness (QED) is 0.633. The van der Waals surface area contributed by atoms with Crippen LogP contribution in [0.15, 0.2) is 0 Å². The van der Waals surface area contributed by atoms with E-state index in [0.717, 1.165) is 6.54 Å². The number of nitrogens with zero attached hydrogens (tertiary/aromatic N) is 2. The molecule has 0 bridgehead atoms. The van der Waals surface area contributed by atoms with Gasteiger partial charge in [-0.15, -0.1) is 0 Å². The van der Waals surface area contributed by atoms with E-state index in [1.54, 1.807) is 0 Å². The minimum absolute atomic E-state index is 1.16. The molecule has 1 aliphatic rings. The van der Waals surface area contributed by atoms with Crippen molar-refractivity contribution in [2.24, 2.45) is 0 Å². The minimum atomic E-state index is 1.16. The van der Waals surface area contributed by atoms with Crippen LogP contribution < -0.4 is 5.32 Å². The van der Waals surface area contributed by atoms with E-state index in [9.17, 15) is 0 Å². The molecule has 0 atom stereocenters. The summed E-state index contributed by atoms with van der Waals surface area (Å²) in [5, 5.41) is 3.55. The second-order valence-electron chi connectivity index (χ2n) is 4.96. The molecule has 0 saturated carbocycles. The van der Waals surface area contributed by atoms with Crippen molar-refractivity contribution in [3.8, 4) is 0 Å². The first kappa shape index (κ1) is 13.9. The van der Waals surface area contributed by atoms with E-state index >= 15 is 0 Å². The van der Waals surface area contributed by atoms with Crippen molar-refractivity contribution in [3.05, 3.63) is 0 Å². The summed E-state index contributed by atoms with van der Waals surface area (Å²) in [7, 11) is 2.21. The topological polar surface area (TPSA) is 18.5 Å². The van der Waals surface area contributed by atoms with Gasteiger partial charge in [0.05, 0.1) is 0 Å². The normalized spacial score (nSPS) is 19.1. The summed E-state index contributed by atoms with van der Waals surface area (Å²) in [4.78, 5) is 4.98. The van der Waals surface area contributed by atoms with E-state index in [1.165, 1.54) is 65.0 Å². The smallest absolute Gasteiger partial charge is 0.0110 e. The van der Waals surface area contributed by atoms with E-state index in [4.69, 9.17) is 0 Å². The molecule has 0 aromatic carbocycles. The Balaban J connectivity index is 1.84. The van der Waals surface area contributed by atoms with Gasteiger partial charge in [0, 0.05) is 39.3 Å². The molecule has 1 rings (SSSR count). The van der Waals surface area contributed by atoms with Crippen molar-refractivity contribution < 1.29 is 0 Å². The Hall–Kier alpha value is -0.120. The third-order valence-electron chi connectivity index (χ3n) is 3.41.